The van der Waals surface area contributed by atoms with Crippen LogP contribution < -0.4 is 10.6 Å². The lowest BCUT2D eigenvalue weighted by Crippen LogP contribution is -2.38. The van der Waals surface area contributed by atoms with E-state index in [1.54, 1.807) is 30.0 Å². The number of aryl methyl sites for hydroxylation is 1. The summed E-state index contributed by atoms with van der Waals surface area (Å²) in [5.41, 5.74) is 5.66. The normalized spacial score (nSPS) is 17.9. The lowest BCUT2D eigenvalue weighted by molar-refractivity contribution is -0.245. The number of ether oxygens (including phenoxy) is 3. The molecule has 0 aliphatic carbocycles. The number of hydrogen-bond donors (Lipinski definition) is 3. The van der Waals surface area contributed by atoms with Crippen LogP contribution in [0.4, 0.5) is 4.79 Å². The number of nitrogens with one attached hydrogen (secondary N) is 2. The van der Waals surface area contributed by atoms with E-state index in [1.165, 1.54) is 0 Å². The highest BCUT2D eigenvalue weighted by molar-refractivity contribution is 8.01. The lowest BCUT2D eigenvalue weighted by Gasteiger charge is -2.36. The van der Waals surface area contributed by atoms with Crippen LogP contribution in [0.25, 0.3) is 11.1 Å². The molecule has 10 nitrogen and oxygen atoms in total. The molecule has 3 aromatic carbocycles. The van der Waals surface area contributed by atoms with Crippen LogP contribution in [-0.4, -0.2) is 52.3 Å². The molecule has 3 N–H and O–H groups in total. The zero-order valence-corrected chi connectivity index (χ0v) is 26.7. The summed E-state index contributed by atoms with van der Waals surface area (Å²) >= 11 is 3.21. The number of carbonyl (C=O) groups is 2. The fourth-order valence-electron chi connectivity index (χ4n) is 4.90. The van der Waals surface area contributed by atoms with E-state index in [-0.39, 0.29) is 38.5 Å². The van der Waals surface area contributed by atoms with Crippen molar-refractivity contribution in [1.82, 2.24) is 20.8 Å². The number of aliphatic hydroxyl groups is 1. The van der Waals surface area contributed by atoms with Crippen LogP contribution in [0, 0.1) is 6.92 Å². The number of aliphatic hydroxyl groups excluding tert-OH is 1. The molecule has 0 radical (unpaired) electrons. The summed E-state index contributed by atoms with van der Waals surface area (Å²) in [6, 6.07) is 23.3. The number of amides is 2. The largest absolute Gasteiger partial charge is 0.465 e. The van der Waals surface area contributed by atoms with Gasteiger partial charge in [-0.25, -0.2) is 4.79 Å². The van der Waals surface area contributed by atoms with Crippen LogP contribution >= 0.6 is 23.1 Å². The van der Waals surface area contributed by atoms with Gasteiger partial charge in [-0.05, 0) is 41.7 Å². The fraction of sp³-hybridized carbons (Fsp3) is 0.333. The topological polar surface area (TPSA) is 132 Å². The smallest absolute Gasteiger partial charge is 0.325 e. The number of nitrogens with zero attached hydrogens (tertiary/aromatic N) is 2. The highest BCUT2D eigenvalue weighted by Crippen LogP contribution is 2.40. The number of benzene rings is 3. The highest BCUT2D eigenvalue weighted by Gasteiger charge is 2.32. The Balaban J connectivity index is 1.28. The number of rotatable bonds is 12. The minimum atomic E-state index is -0.572. The molecule has 2 amide bonds. The Hall–Kier alpha value is -3.81. The van der Waals surface area contributed by atoms with Crippen molar-refractivity contribution in [1.29, 1.82) is 0 Å². The van der Waals surface area contributed by atoms with Crippen molar-refractivity contribution in [2.75, 3.05) is 18.9 Å². The first-order chi connectivity index (χ1) is 21.9. The van der Waals surface area contributed by atoms with Gasteiger partial charge < -0.3 is 30.0 Å². The summed E-state index contributed by atoms with van der Waals surface area (Å²) in [5, 5.41) is 24.1. The number of thioether (sulfide) groups is 1. The van der Waals surface area contributed by atoms with Crippen molar-refractivity contribution in [2.24, 2.45) is 0 Å². The van der Waals surface area contributed by atoms with Gasteiger partial charge >= 0.3 is 12.0 Å². The summed E-state index contributed by atoms with van der Waals surface area (Å²) < 4.78 is 18.7. The van der Waals surface area contributed by atoms with Gasteiger partial charge in [0.05, 0.1) is 25.4 Å². The number of carbonyl (C=O) groups excluding carboxylic acids is 2. The van der Waals surface area contributed by atoms with Gasteiger partial charge in [0, 0.05) is 24.3 Å². The zero-order chi connectivity index (χ0) is 31.6. The van der Waals surface area contributed by atoms with Crippen molar-refractivity contribution >= 4 is 35.1 Å². The molecule has 1 aromatic heterocycles. The van der Waals surface area contributed by atoms with Crippen molar-refractivity contribution in [3.63, 3.8) is 0 Å². The number of aromatic nitrogens is 2. The van der Waals surface area contributed by atoms with Gasteiger partial charge in [0.1, 0.15) is 11.6 Å². The van der Waals surface area contributed by atoms with Gasteiger partial charge in [-0.15, -0.1) is 10.2 Å². The Bertz CT molecular complexity index is 1560. The minimum Gasteiger partial charge on any atom is -0.465 e. The first-order valence-electron chi connectivity index (χ1n) is 14.7. The van der Waals surface area contributed by atoms with Gasteiger partial charge in [0.25, 0.3) is 0 Å². The van der Waals surface area contributed by atoms with Crippen LogP contribution in [0.1, 0.15) is 53.0 Å². The molecule has 2 heterocycles. The van der Waals surface area contributed by atoms with Gasteiger partial charge in [-0.1, -0.05) is 95.9 Å². The van der Waals surface area contributed by atoms with E-state index in [4.69, 9.17) is 14.2 Å². The third kappa shape index (κ3) is 9.12. The van der Waals surface area contributed by atoms with Crippen LogP contribution in [0.2, 0.25) is 0 Å². The molecule has 1 fully saturated rings. The van der Waals surface area contributed by atoms with E-state index in [0.717, 1.165) is 42.7 Å². The second kappa shape index (κ2) is 16.0. The van der Waals surface area contributed by atoms with E-state index in [2.05, 4.69) is 20.8 Å². The molecule has 0 spiro atoms. The fourth-order valence-corrected chi connectivity index (χ4v) is 6.76. The maximum absolute atomic E-state index is 12.2. The Morgan fingerprint density at radius 3 is 2.47 bits per heavy atom. The number of urea groups is 1. The molecule has 5 rings (SSSR count). The summed E-state index contributed by atoms with van der Waals surface area (Å²) in [5.74, 6) is 0.230. The molecule has 4 aromatic rings. The van der Waals surface area contributed by atoms with Gasteiger partial charge in [0.2, 0.25) is 0 Å². The average molecular weight is 649 g/mol. The Morgan fingerprint density at radius 2 is 1.76 bits per heavy atom. The summed E-state index contributed by atoms with van der Waals surface area (Å²) in [6.45, 7) is 4.01. The molecule has 1 saturated heterocycles. The van der Waals surface area contributed by atoms with Gasteiger partial charge in [0.15, 0.2) is 10.6 Å². The Morgan fingerprint density at radius 1 is 1.00 bits per heavy atom. The first-order valence-corrected chi connectivity index (χ1v) is 16.5. The summed E-state index contributed by atoms with van der Waals surface area (Å²) in [7, 11) is 0. The molecule has 3 atom stereocenters. The third-order valence-electron chi connectivity index (χ3n) is 7.16. The number of hydrogen-bond acceptors (Lipinski definition) is 10. The van der Waals surface area contributed by atoms with E-state index >= 15 is 0 Å². The quantitative estimate of drug-likeness (QED) is 0.131. The maximum atomic E-state index is 12.2. The van der Waals surface area contributed by atoms with Crippen LogP contribution in [-0.2, 0) is 32.2 Å². The Labute approximate surface area is 270 Å². The molecule has 12 heteroatoms. The average Bonchev–Trinajstić information content (AvgIpc) is 3.50. The standard InChI is InChI=1S/C33H36N4O6S2/c1-3-41-30(39)18-35-32(40)34-17-26-6-4-5-7-28(26)23-12-14-25(15-13-23)31-42-27(20-44-33-37-36-21(2)45-33)16-29(43-31)24-10-8-22(19-38)9-11-24/h4-15,27,29,31,38H,3,16-20H2,1-2H3,(H2,34,35,40)/t27-,29+,31+/m1/s1. The second-order valence-electron chi connectivity index (χ2n) is 10.4. The SMILES string of the molecule is CCOC(=O)CNC(=O)NCc1ccccc1-c1ccc([C@H]2O[C@@H](CSc3nnc(C)s3)C[C@@H](c3ccc(CO)cc3)O2)cc1. The first kappa shape index (κ1) is 32.6. The van der Waals surface area contributed by atoms with Crippen molar-refractivity contribution < 1.29 is 28.9 Å². The van der Waals surface area contributed by atoms with Crippen LogP contribution in [0.3, 0.4) is 0 Å². The molecule has 236 valence electrons. The van der Waals surface area contributed by atoms with Crippen LogP contribution in [0.5, 0.6) is 0 Å². The second-order valence-corrected chi connectivity index (χ2v) is 12.8. The minimum absolute atomic E-state index is 0.00765. The molecule has 0 saturated carbocycles. The summed E-state index contributed by atoms with van der Waals surface area (Å²) in [6.07, 6.45) is -0.148. The Kier molecular flexibility index (Phi) is 11.6. The molecular weight excluding hydrogens is 613 g/mol. The maximum Gasteiger partial charge on any atom is 0.325 e. The monoisotopic (exact) mass is 648 g/mol. The van der Waals surface area contributed by atoms with E-state index in [1.807, 2.05) is 79.7 Å². The molecule has 1 aliphatic heterocycles. The van der Waals surface area contributed by atoms with E-state index in [9.17, 15) is 14.7 Å². The molecular formula is C33H36N4O6S2. The van der Waals surface area contributed by atoms with Crippen LogP contribution in [0.15, 0.2) is 77.1 Å². The molecule has 0 unspecified atom stereocenters. The molecule has 1 aliphatic rings. The van der Waals surface area contributed by atoms with Gasteiger partial charge in [-0.3, -0.25) is 4.79 Å². The predicted molar refractivity (Wildman–Crippen MR) is 173 cm³/mol. The van der Waals surface area contributed by atoms with Crippen molar-refractivity contribution in [3.05, 3.63) is 100 Å². The summed E-state index contributed by atoms with van der Waals surface area (Å²) in [4.78, 5) is 23.8. The van der Waals surface area contributed by atoms with Crippen molar-refractivity contribution in [3.8, 4) is 11.1 Å². The lowest BCUT2D eigenvalue weighted by atomic mass is 9.98. The number of esters is 1. The highest BCUT2D eigenvalue weighted by atomic mass is 32.2. The zero-order valence-electron chi connectivity index (χ0n) is 25.1. The predicted octanol–water partition coefficient (Wildman–Crippen LogP) is 5.71. The van der Waals surface area contributed by atoms with Crippen molar-refractivity contribution in [2.45, 2.75) is 56.3 Å². The third-order valence-corrected chi connectivity index (χ3v) is 9.27. The van der Waals surface area contributed by atoms with E-state index in [0.29, 0.717) is 12.2 Å². The molecule has 45 heavy (non-hydrogen) atoms. The molecule has 0 bridgehead atoms. The van der Waals surface area contributed by atoms with E-state index < -0.39 is 18.3 Å². The van der Waals surface area contributed by atoms with Gasteiger partial charge in [-0.2, -0.15) is 0 Å².